The third-order valence-corrected chi connectivity index (χ3v) is 6.17. The first-order chi connectivity index (χ1) is 14.0. The summed E-state index contributed by atoms with van der Waals surface area (Å²) in [5, 5.41) is 0.400. The zero-order valence-electron chi connectivity index (χ0n) is 17.6. The smallest absolute Gasteiger partial charge is 0.339 e. The van der Waals surface area contributed by atoms with Crippen molar-refractivity contribution >= 4 is 27.6 Å². The van der Waals surface area contributed by atoms with Gasteiger partial charge in [0.05, 0.1) is 0 Å². The van der Waals surface area contributed by atoms with Gasteiger partial charge in [-0.2, -0.15) is 8.42 Å². The molecule has 0 radical (unpaired) electrons. The molecule has 0 aliphatic carbocycles. The molecule has 2 rings (SSSR count). The summed E-state index contributed by atoms with van der Waals surface area (Å²) < 4.78 is 43.8. The van der Waals surface area contributed by atoms with Gasteiger partial charge in [-0.05, 0) is 61.7 Å². The quantitative estimate of drug-likeness (QED) is 0.473. The van der Waals surface area contributed by atoms with E-state index >= 15 is 0 Å². The van der Waals surface area contributed by atoms with Crippen molar-refractivity contribution in [3.8, 4) is 5.75 Å². The molecule has 0 aliphatic rings. The molecule has 0 N–H and O–H groups in total. The summed E-state index contributed by atoms with van der Waals surface area (Å²) in [6.07, 6.45) is 1.13. The minimum atomic E-state index is -4.18. The second kappa shape index (κ2) is 10.3. The summed E-state index contributed by atoms with van der Waals surface area (Å²) in [4.78, 5) is 14.3. The Morgan fingerprint density at radius 1 is 1.13 bits per heavy atom. The van der Waals surface area contributed by atoms with Gasteiger partial charge in [-0.15, -0.1) is 0 Å². The maximum absolute atomic E-state index is 13.1. The Balaban J connectivity index is 2.37. The van der Waals surface area contributed by atoms with Gasteiger partial charge in [-0.3, -0.25) is 4.79 Å². The zero-order chi connectivity index (χ0) is 22.5. The van der Waals surface area contributed by atoms with Gasteiger partial charge in [0, 0.05) is 29.6 Å². The molecule has 0 fully saturated rings. The van der Waals surface area contributed by atoms with Crippen molar-refractivity contribution in [2.45, 2.75) is 58.0 Å². The molecule has 1 atom stereocenters. The highest BCUT2D eigenvalue weighted by atomic mass is 35.5. The minimum absolute atomic E-state index is 0.0216. The van der Waals surface area contributed by atoms with E-state index in [0.717, 1.165) is 30.7 Å². The molecule has 0 heterocycles. The van der Waals surface area contributed by atoms with Crippen molar-refractivity contribution < 1.29 is 21.8 Å². The number of carbonyl (C=O) groups excluding carboxylic acids is 1. The van der Waals surface area contributed by atoms with Crippen LogP contribution in [0.25, 0.3) is 0 Å². The van der Waals surface area contributed by atoms with Crippen LogP contribution in [0.5, 0.6) is 5.75 Å². The third-order valence-electron chi connectivity index (χ3n) is 4.69. The molecule has 164 valence electrons. The maximum Gasteiger partial charge on any atom is 0.339 e. The Kier molecular flexibility index (Phi) is 8.26. The van der Waals surface area contributed by atoms with Crippen LogP contribution in [-0.4, -0.2) is 25.3 Å². The van der Waals surface area contributed by atoms with Crippen LogP contribution in [0.1, 0.15) is 46.1 Å². The fourth-order valence-corrected chi connectivity index (χ4v) is 4.04. The average Bonchev–Trinajstić information content (AvgIpc) is 2.67. The summed E-state index contributed by atoms with van der Waals surface area (Å²) in [5.41, 5.74) is 0.477. The number of nitrogens with zero attached hydrogens (tertiary/aromatic N) is 1. The van der Waals surface area contributed by atoms with Crippen LogP contribution < -0.4 is 4.18 Å². The van der Waals surface area contributed by atoms with E-state index in [-0.39, 0.29) is 35.1 Å². The lowest BCUT2D eigenvalue weighted by atomic mass is 10.1. The SMILES string of the molecule is CCC(C)N(Cc1cc(Cl)ccc1OS(=O)(=O)c1ccc(F)cc1)C(=O)CC(C)C. The van der Waals surface area contributed by atoms with Crippen molar-refractivity contribution in [1.29, 1.82) is 0 Å². The highest BCUT2D eigenvalue weighted by Crippen LogP contribution is 2.29. The topological polar surface area (TPSA) is 63.7 Å². The first kappa shape index (κ1) is 24.2. The van der Waals surface area contributed by atoms with Gasteiger partial charge in [0.15, 0.2) is 0 Å². The lowest BCUT2D eigenvalue weighted by molar-refractivity contribution is -0.134. The van der Waals surface area contributed by atoms with Crippen LogP contribution in [0.3, 0.4) is 0 Å². The molecule has 5 nitrogen and oxygen atoms in total. The number of hydrogen-bond acceptors (Lipinski definition) is 4. The molecule has 0 saturated heterocycles. The molecule has 0 aromatic heterocycles. The van der Waals surface area contributed by atoms with Gasteiger partial charge in [0.2, 0.25) is 5.91 Å². The second-order valence-electron chi connectivity index (χ2n) is 7.62. The normalized spacial score (nSPS) is 12.6. The van der Waals surface area contributed by atoms with Crippen LogP contribution in [0, 0.1) is 11.7 Å². The van der Waals surface area contributed by atoms with Crippen molar-refractivity contribution in [1.82, 2.24) is 4.90 Å². The molecule has 30 heavy (non-hydrogen) atoms. The number of rotatable bonds is 9. The zero-order valence-corrected chi connectivity index (χ0v) is 19.1. The molecular formula is C22H27ClFNO4S. The molecule has 2 aromatic rings. The van der Waals surface area contributed by atoms with E-state index in [1.807, 2.05) is 27.7 Å². The van der Waals surface area contributed by atoms with Gasteiger partial charge < -0.3 is 9.08 Å². The first-order valence-corrected chi connectivity index (χ1v) is 11.6. The Hall–Kier alpha value is -2.12. The van der Waals surface area contributed by atoms with Crippen LogP contribution >= 0.6 is 11.6 Å². The number of halogens is 2. The molecule has 1 amide bonds. The third kappa shape index (κ3) is 6.44. The fourth-order valence-electron chi connectivity index (χ4n) is 2.88. The van der Waals surface area contributed by atoms with E-state index in [2.05, 4.69) is 0 Å². The number of hydrogen-bond donors (Lipinski definition) is 0. The summed E-state index contributed by atoms with van der Waals surface area (Å²) in [5.74, 6) is -0.298. The summed E-state index contributed by atoms with van der Waals surface area (Å²) in [7, 11) is -4.18. The van der Waals surface area contributed by atoms with Crippen LogP contribution in [0.2, 0.25) is 5.02 Å². The molecule has 0 aliphatic heterocycles. The summed E-state index contributed by atoms with van der Waals surface area (Å²) in [6, 6.07) is 8.90. The van der Waals surface area contributed by atoms with Crippen LogP contribution in [-0.2, 0) is 21.5 Å². The fraction of sp³-hybridized carbons (Fsp3) is 0.409. The monoisotopic (exact) mass is 455 g/mol. The minimum Gasteiger partial charge on any atom is -0.379 e. The van der Waals surface area contributed by atoms with Crippen molar-refractivity contribution in [3.05, 3.63) is 58.9 Å². The van der Waals surface area contributed by atoms with Crippen molar-refractivity contribution in [3.63, 3.8) is 0 Å². The van der Waals surface area contributed by atoms with Crippen molar-refractivity contribution in [2.75, 3.05) is 0 Å². The Morgan fingerprint density at radius 2 is 1.77 bits per heavy atom. The van der Waals surface area contributed by atoms with Gasteiger partial charge in [-0.25, -0.2) is 4.39 Å². The predicted molar refractivity (Wildman–Crippen MR) is 115 cm³/mol. The number of benzene rings is 2. The highest BCUT2D eigenvalue weighted by Gasteiger charge is 2.24. The lowest BCUT2D eigenvalue weighted by Gasteiger charge is -2.30. The summed E-state index contributed by atoms with van der Waals surface area (Å²) in [6.45, 7) is 8.02. The Labute approximate surface area is 182 Å². The maximum atomic E-state index is 13.1. The number of amides is 1. The van der Waals surface area contributed by atoms with Gasteiger partial charge in [0.25, 0.3) is 0 Å². The van der Waals surface area contributed by atoms with Gasteiger partial charge >= 0.3 is 10.1 Å². The summed E-state index contributed by atoms with van der Waals surface area (Å²) >= 11 is 6.13. The van der Waals surface area contributed by atoms with Crippen molar-refractivity contribution in [2.24, 2.45) is 5.92 Å². The lowest BCUT2D eigenvalue weighted by Crippen LogP contribution is -2.38. The molecule has 0 saturated carbocycles. The van der Waals surface area contributed by atoms with E-state index in [1.54, 1.807) is 11.0 Å². The first-order valence-electron chi connectivity index (χ1n) is 9.81. The largest absolute Gasteiger partial charge is 0.379 e. The van der Waals surface area contributed by atoms with E-state index in [1.165, 1.54) is 12.1 Å². The Morgan fingerprint density at radius 3 is 2.33 bits per heavy atom. The van der Waals surface area contributed by atoms with E-state index in [9.17, 15) is 17.6 Å². The van der Waals surface area contributed by atoms with Gasteiger partial charge in [0.1, 0.15) is 16.5 Å². The van der Waals surface area contributed by atoms with E-state index in [0.29, 0.717) is 17.0 Å². The molecule has 0 spiro atoms. The predicted octanol–water partition coefficient (Wildman–Crippen LogP) is 5.42. The van der Waals surface area contributed by atoms with Gasteiger partial charge in [-0.1, -0.05) is 32.4 Å². The molecular weight excluding hydrogens is 429 g/mol. The van der Waals surface area contributed by atoms with Crippen LogP contribution in [0.15, 0.2) is 47.4 Å². The van der Waals surface area contributed by atoms with Crippen LogP contribution in [0.4, 0.5) is 4.39 Å². The van der Waals surface area contributed by atoms with E-state index in [4.69, 9.17) is 15.8 Å². The second-order valence-corrected chi connectivity index (χ2v) is 9.60. The number of carbonyl (C=O) groups is 1. The molecule has 8 heteroatoms. The molecule has 2 aromatic carbocycles. The molecule has 0 bridgehead atoms. The average molecular weight is 456 g/mol. The van der Waals surface area contributed by atoms with E-state index < -0.39 is 15.9 Å². The molecule has 1 unspecified atom stereocenters. The standard InChI is InChI=1S/C22H27ClFNO4S/c1-5-16(4)25(22(26)12-15(2)3)14-17-13-18(23)6-11-21(17)29-30(27,28)20-9-7-19(24)8-10-20/h6-11,13,15-16H,5,12,14H2,1-4H3. The Bertz CT molecular complexity index is 977. The highest BCUT2D eigenvalue weighted by molar-refractivity contribution is 7.87.